The van der Waals surface area contributed by atoms with Crippen molar-refractivity contribution < 1.29 is 4.74 Å². The average molecular weight is 301 g/mol. The van der Waals surface area contributed by atoms with Crippen LogP contribution in [0.2, 0.25) is 0 Å². The summed E-state index contributed by atoms with van der Waals surface area (Å²) in [5.41, 5.74) is 1.83. The van der Waals surface area contributed by atoms with Crippen molar-refractivity contribution in [1.29, 1.82) is 0 Å². The van der Waals surface area contributed by atoms with Crippen molar-refractivity contribution in [2.45, 2.75) is 39.5 Å². The van der Waals surface area contributed by atoms with Crippen LogP contribution < -0.4 is 0 Å². The highest BCUT2D eigenvalue weighted by atomic mass is 16.5. The van der Waals surface area contributed by atoms with Gasteiger partial charge in [0, 0.05) is 37.7 Å². The van der Waals surface area contributed by atoms with E-state index in [-0.39, 0.29) is 6.10 Å². The molecule has 0 saturated carbocycles. The Bertz CT molecular complexity index is 607. The molecule has 0 radical (unpaired) electrons. The Morgan fingerprint density at radius 3 is 2.86 bits per heavy atom. The minimum Gasteiger partial charge on any atom is -0.369 e. The van der Waals surface area contributed by atoms with Gasteiger partial charge in [0.1, 0.15) is 11.9 Å². The standard InChI is InChI=1S/C16H23N5O/c1-12(2)21-5-4-17-16(21)11-20-6-7-22-15(10-20)14-9-18-13(3)8-19-14/h4-5,8-9,12,15H,6-7,10-11H2,1-3H3/t15-/m0/s1. The van der Waals surface area contributed by atoms with E-state index >= 15 is 0 Å². The summed E-state index contributed by atoms with van der Waals surface area (Å²) in [6.07, 6.45) is 7.52. The predicted molar refractivity (Wildman–Crippen MR) is 83.4 cm³/mol. The van der Waals surface area contributed by atoms with Gasteiger partial charge in [-0.05, 0) is 20.8 Å². The lowest BCUT2D eigenvalue weighted by Gasteiger charge is -2.32. The Hall–Kier alpha value is -1.79. The van der Waals surface area contributed by atoms with Crippen LogP contribution in [0.3, 0.4) is 0 Å². The van der Waals surface area contributed by atoms with E-state index in [2.05, 4.69) is 38.3 Å². The molecule has 0 unspecified atom stereocenters. The fourth-order valence-electron chi connectivity index (χ4n) is 2.73. The molecule has 6 heteroatoms. The molecule has 3 heterocycles. The summed E-state index contributed by atoms with van der Waals surface area (Å²) >= 11 is 0. The van der Waals surface area contributed by atoms with Gasteiger partial charge in [-0.1, -0.05) is 0 Å². The quantitative estimate of drug-likeness (QED) is 0.866. The minimum atomic E-state index is -0.00990. The molecule has 3 rings (SSSR count). The third-order valence-corrected chi connectivity index (χ3v) is 3.95. The first-order valence-electron chi connectivity index (χ1n) is 7.77. The largest absolute Gasteiger partial charge is 0.369 e. The topological polar surface area (TPSA) is 56.1 Å². The lowest BCUT2D eigenvalue weighted by atomic mass is 10.2. The summed E-state index contributed by atoms with van der Waals surface area (Å²) in [6, 6.07) is 0.428. The van der Waals surface area contributed by atoms with Crippen molar-refractivity contribution in [2.24, 2.45) is 0 Å². The number of morpholine rings is 1. The van der Waals surface area contributed by atoms with Gasteiger partial charge in [-0.25, -0.2) is 4.98 Å². The predicted octanol–water partition coefficient (Wildman–Crippen LogP) is 2.14. The van der Waals surface area contributed by atoms with Gasteiger partial charge in [0.25, 0.3) is 0 Å². The zero-order valence-corrected chi connectivity index (χ0v) is 13.4. The number of rotatable bonds is 4. The second-order valence-corrected chi connectivity index (χ2v) is 6.02. The van der Waals surface area contributed by atoms with E-state index in [9.17, 15) is 0 Å². The third-order valence-electron chi connectivity index (χ3n) is 3.95. The van der Waals surface area contributed by atoms with Crippen molar-refractivity contribution in [1.82, 2.24) is 24.4 Å². The van der Waals surface area contributed by atoms with Crippen molar-refractivity contribution in [3.05, 3.63) is 42.0 Å². The Balaban J connectivity index is 1.68. The minimum absolute atomic E-state index is 0.00990. The molecule has 0 N–H and O–H groups in total. The SMILES string of the molecule is Cc1cnc([C@@H]2CN(Cc3nccn3C(C)C)CCO2)cn1. The zero-order chi connectivity index (χ0) is 15.5. The van der Waals surface area contributed by atoms with E-state index in [1.807, 2.05) is 25.5 Å². The number of imidazole rings is 1. The van der Waals surface area contributed by atoms with E-state index in [4.69, 9.17) is 4.74 Å². The van der Waals surface area contributed by atoms with E-state index in [0.29, 0.717) is 12.6 Å². The summed E-state index contributed by atoms with van der Waals surface area (Å²) < 4.78 is 8.08. The molecule has 6 nitrogen and oxygen atoms in total. The smallest absolute Gasteiger partial charge is 0.123 e. The molecule has 2 aromatic heterocycles. The van der Waals surface area contributed by atoms with E-state index in [1.165, 1.54) is 0 Å². The van der Waals surface area contributed by atoms with Crippen molar-refractivity contribution in [2.75, 3.05) is 19.7 Å². The van der Waals surface area contributed by atoms with Gasteiger partial charge in [-0.15, -0.1) is 0 Å². The first-order valence-corrected chi connectivity index (χ1v) is 7.77. The maximum absolute atomic E-state index is 5.86. The second-order valence-electron chi connectivity index (χ2n) is 6.02. The van der Waals surface area contributed by atoms with Crippen LogP contribution in [-0.2, 0) is 11.3 Å². The summed E-state index contributed by atoms with van der Waals surface area (Å²) in [4.78, 5) is 15.6. The van der Waals surface area contributed by atoms with Gasteiger partial charge in [0.15, 0.2) is 0 Å². The lowest BCUT2D eigenvalue weighted by molar-refractivity contribution is -0.0362. The fraction of sp³-hybridized carbons (Fsp3) is 0.562. The first kappa shape index (κ1) is 15.1. The van der Waals surface area contributed by atoms with Crippen LogP contribution in [-0.4, -0.2) is 44.1 Å². The molecule has 118 valence electrons. The lowest BCUT2D eigenvalue weighted by Crippen LogP contribution is -2.38. The fourth-order valence-corrected chi connectivity index (χ4v) is 2.73. The van der Waals surface area contributed by atoms with Gasteiger partial charge in [-0.2, -0.15) is 0 Å². The first-order chi connectivity index (χ1) is 10.6. The molecule has 22 heavy (non-hydrogen) atoms. The van der Waals surface area contributed by atoms with Gasteiger partial charge in [0.05, 0.1) is 30.7 Å². The molecular formula is C16H23N5O. The highest BCUT2D eigenvalue weighted by molar-refractivity contribution is 5.06. The molecule has 2 aromatic rings. The summed E-state index contributed by atoms with van der Waals surface area (Å²) in [6.45, 7) is 9.58. The number of aromatic nitrogens is 4. The number of hydrogen-bond acceptors (Lipinski definition) is 5. The number of aryl methyl sites for hydroxylation is 1. The summed E-state index contributed by atoms with van der Waals surface area (Å²) in [5, 5.41) is 0. The van der Waals surface area contributed by atoms with Gasteiger partial charge in [0.2, 0.25) is 0 Å². The van der Waals surface area contributed by atoms with Crippen LogP contribution in [0.4, 0.5) is 0 Å². The third kappa shape index (κ3) is 3.34. The highest BCUT2D eigenvalue weighted by Crippen LogP contribution is 2.21. The van der Waals surface area contributed by atoms with Crippen LogP contribution in [0.1, 0.15) is 43.2 Å². The Morgan fingerprint density at radius 2 is 2.14 bits per heavy atom. The molecular weight excluding hydrogens is 278 g/mol. The Morgan fingerprint density at radius 1 is 1.27 bits per heavy atom. The molecule has 1 aliphatic rings. The number of hydrogen-bond donors (Lipinski definition) is 0. The number of nitrogens with zero attached hydrogens (tertiary/aromatic N) is 5. The molecule has 1 fully saturated rings. The van der Waals surface area contributed by atoms with Crippen LogP contribution >= 0.6 is 0 Å². The van der Waals surface area contributed by atoms with E-state index in [1.54, 1.807) is 6.20 Å². The van der Waals surface area contributed by atoms with Crippen LogP contribution in [0.15, 0.2) is 24.8 Å². The summed E-state index contributed by atoms with van der Waals surface area (Å²) in [5.74, 6) is 1.10. The van der Waals surface area contributed by atoms with Crippen LogP contribution in [0.5, 0.6) is 0 Å². The normalized spacial score (nSPS) is 19.7. The summed E-state index contributed by atoms with van der Waals surface area (Å²) in [7, 11) is 0. The molecule has 0 aliphatic carbocycles. The zero-order valence-electron chi connectivity index (χ0n) is 13.4. The molecule has 1 aliphatic heterocycles. The molecule has 0 bridgehead atoms. The molecule has 0 spiro atoms. The van der Waals surface area contributed by atoms with E-state index in [0.717, 1.165) is 36.8 Å². The maximum atomic E-state index is 5.86. The average Bonchev–Trinajstić information content (AvgIpc) is 2.96. The van der Waals surface area contributed by atoms with E-state index < -0.39 is 0 Å². The van der Waals surface area contributed by atoms with Crippen LogP contribution in [0.25, 0.3) is 0 Å². The monoisotopic (exact) mass is 301 g/mol. The van der Waals surface area contributed by atoms with Crippen LogP contribution in [0, 0.1) is 6.92 Å². The van der Waals surface area contributed by atoms with Crippen molar-refractivity contribution in [3.63, 3.8) is 0 Å². The van der Waals surface area contributed by atoms with Crippen molar-refractivity contribution in [3.8, 4) is 0 Å². The van der Waals surface area contributed by atoms with Gasteiger partial charge in [-0.3, -0.25) is 14.9 Å². The van der Waals surface area contributed by atoms with Gasteiger partial charge < -0.3 is 9.30 Å². The molecule has 0 amide bonds. The number of ether oxygens (including phenoxy) is 1. The van der Waals surface area contributed by atoms with Crippen molar-refractivity contribution >= 4 is 0 Å². The Kier molecular flexibility index (Phi) is 4.49. The second kappa shape index (κ2) is 6.54. The molecule has 1 saturated heterocycles. The molecule has 1 atom stereocenters. The maximum Gasteiger partial charge on any atom is 0.123 e. The Labute approximate surface area is 131 Å². The highest BCUT2D eigenvalue weighted by Gasteiger charge is 2.24. The van der Waals surface area contributed by atoms with Gasteiger partial charge >= 0.3 is 0 Å². The molecule has 0 aromatic carbocycles.